The van der Waals surface area contributed by atoms with E-state index in [-0.39, 0.29) is 10.7 Å². The van der Waals surface area contributed by atoms with Gasteiger partial charge in [0.1, 0.15) is 0 Å². The number of hydrogen-bond donors (Lipinski definition) is 0. The smallest absolute Gasteiger partial charge is 0.281 e. The quantitative estimate of drug-likeness (QED) is 0.738. The van der Waals surface area contributed by atoms with Gasteiger partial charge in [-0.3, -0.25) is 4.79 Å². The molecule has 0 saturated heterocycles. The van der Waals surface area contributed by atoms with Crippen LogP contribution in [0.3, 0.4) is 0 Å². The number of amides is 1. The average Bonchev–Trinajstić information content (AvgIpc) is 2.39. The minimum atomic E-state index is 0. The van der Waals surface area contributed by atoms with Crippen molar-refractivity contribution in [3.63, 3.8) is 0 Å². The van der Waals surface area contributed by atoms with Gasteiger partial charge >= 0.3 is 0 Å². The van der Waals surface area contributed by atoms with Gasteiger partial charge in [0.05, 0.1) is 0 Å². The highest BCUT2D eigenvalue weighted by molar-refractivity contribution is 8.13. The summed E-state index contributed by atoms with van der Waals surface area (Å²) in [5.74, 6) is 1.97. The van der Waals surface area contributed by atoms with E-state index in [1.54, 1.807) is 0 Å². The molecule has 0 atom stereocenters. The first-order valence-electron chi connectivity index (χ1n) is 7.80. The molecule has 1 rings (SSSR count). The Morgan fingerprint density at radius 2 is 1.50 bits per heavy atom. The highest BCUT2D eigenvalue weighted by Crippen LogP contribution is 2.12. The summed E-state index contributed by atoms with van der Waals surface area (Å²) in [4.78, 5) is 13.7. The Morgan fingerprint density at radius 1 is 1.05 bits per heavy atom. The first-order valence-corrected chi connectivity index (χ1v) is 8.78. The molecule has 0 aromatic heterocycles. The zero-order valence-electron chi connectivity index (χ0n) is 14.9. The first-order chi connectivity index (χ1) is 9.86. The Bertz CT molecular complexity index is 370. The van der Waals surface area contributed by atoms with Gasteiger partial charge in [-0.2, -0.15) is 0 Å². The molecule has 0 aliphatic heterocycles. The van der Waals surface area contributed by atoms with Crippen LogP contribution in [0.5, 0.6) is 0 Å². The van der Waals surface area contributed by atoms with Crippen LogP contribution in [-0.2, 0) is 0 Å². The third kappa shape index (κ3) is 12.7. The van der Waals surface area contributed by atoms with E-state index in [0.717, 1.165) is 18.8 Å². The molecule has 0 heterocycles. The molecule has 0 aliphatic rings. The molecule has 1 amide bonds. The van der Waals surface area contributed by atoms with Gasteiger partial charge in [0, 0.05) is 13.1 Å². The van der Waals surface area contributed by atoms with E-state index >= 15 is 0 Å². The van der Waals surface area contributed by atoms with Crippen LogP contribution in [0.25, 0.3) is 0 Å². The number of thioether (sulfide) groups is 1. The van der Waals surface area contributed by atoms with Crippen LogP contribution in [0, 0.1) is 18.8 Å². The number of benzene rings is 1. The predicted octanol–water partition coefficient (Wildman–Crippen LogP) is 5.29. The van der Waals surface area contributed by atoms with E-state index in [1.807, 2.05) is 30.0 Å². The van der Waals surface area contributed by atoms with Crippen molar-refractivity contribution >= 4 is 17.0 Å². The van der Waals surface area contributed by atoms with Crippen molar-refractivity contribution in [1.29, 1.82) is 0 Å². The molecule has 128 valence electrons. The van der Waals surface area contributed by atoms with Crippen molar-refractivity contribution in [3.05, 3.63) is 35.9 Å². The van der Waals surface area contributed by atoms with Gasteiger partial charge in [-0.1, -0.05) is 82.3 Å². The fourth-order valence-electron chi connectivity index (χ4n) is 1.85. The van der Waals surface area contributed by atoms with E-state index in [2.05, 4.69) is 46.8 Å². The second-order valence-corrected chi connectivity index (χ2v) is 7.26. The lowest BCUT2D eigenvalue weighted by Crippen LogP contribution is -2.34. The molecule has 0 unspecified atom stereocenters. The minimum Gasteiger partial charge on any atom is -0.870 e. The topological polar surface area (TPSA) is 50.3 Å². The second-order valence-electron chi connectivity index (χ2n) is 6.05. The Labute approximate surface area is 140 Å². The number of hydrogen-bond acceptors (Lipinski definition) is 3. The van der Waals surface area contributed by atoms with E-state index in [0.29, 0.717) is 11.8 Å². The highest BCUT2D eigenvalue weighted by Gasteiger charge is 2.15. The molecular weight excluding hydrogens is 294 g/mol. The molecule has 3 nitrogen and oxygen atoms in total. The summed E-state index contributed by atoms with van der Waals surface area (Å²) in [6, 6.07) is 10.3. The van der Waals surface area contributed by atoms with E-state index in [1.165, 1.54) is 17.3 Å². The zero-order chi connectivity index (χ0) is 16.3. The molecule has 0 spiro atoms. The van der Waals surface area contributed by atoms with Crippen LogP contribution in [0.2, 0.25) is 0 Å². The molecule has 22 heavy (non-hydrogen) atoms. The average molecular weight is 327 g/mol. The molecule has 4 heteroatoms. The Morgan fingerprint density at radius 3 is 1.77 bits per heavy atom. The number of aryl methyl sites for hydroxylation is 1. The Kier molecular flexibility index (Phi) is 14.4. The van der Waals surface area contributed by atoms with Crippen molar-refractivity contribution in [1.82, 2.24) is 4.90 Å². The summed E-state index contributed by atoms with van der Waals surface area (Å²) in [6.07, 6.45) is 0. The summed E-state index contributed by atoms with van der Waals surface area (Å²) in [5, 5.41) is 0.231. The van der Waals surface area contributed by atoms with Crippen LogP contribution in [0.4, 0.5) is 4.79 Å². The lowest BCUT2D eigenvalue weighted by atomic mass is 10.1. The molecule has 0 bridgehead atoms. The molecular formula is C18H32NO2S-. The molecule has 0 radical (unpaired) electrons. The van der Waals surface area contributed by atoms with Crippen molar-refractivity contribution < 1.29 is 10.3 Å². The van der Waals surface area contributed by atoms with E-state index in [9.17, 15) is 4.79 Å². The van der Waals surface area contributed by atoms with Crippen molar-refractivity contribution in [2.24, 2.45) is 11.8 Å². The highest BCUT2D eigenvalue weighted by atomic mass is 32.2. The van der Waals surface area contributed by atoms with Crippen LogP contribution in [-0.4, -0.2) is 34.5 Å². The minimum absolute atomic E-state index is 0. The van der Waals surface area contributed by atoms with Gasteiger partial charge in [0.25, 0.3) is 5.24 Å². The van der Waals surface area contributed by atoms with Crippen LogP contribution >= 0.6 is 11.8 Å². The lowest BCUT2D eigenvalue weighted by Gasteiger charge is -2.25. The fraction of sp³-hybridized carbons (Fsp3) is 0.611. The fourth-order valence-corrected chi connectivity index (χ4v) is 2.43. The first kappa shape index (κ1) is 23.3. The summed E-state index contributed by atoms with van der Waals surface area (Å²) >= 11 is 1.41. The zero-order valence-corrected chi connectivity index (χ0v) is 15.7. The Hall–Kier alpha value is -1.00. The van der Waals surface area contributed by atoms with Crippen LogP contribution in [0.1, 0.15) is 40.2 Å². The number of carbonyl (C=O) groups excluding carboxylic acids is 1. The maximum absolute atomic E-state index is 11.7. The molecule has 1 N–H and O–H groups in total. The SMILES string of the molecule is CCSC(=O)N(CC(C)C)CC(C)C.Cc1ccccc1.[OH-]. The Balaban J connectivity index is 0. The number of carbonyl (C=O) groups is 1. The van der Waals surface area contributed by atoms with Gasteiger partial charge in [-0.25, -0.2) is 0 Å². The van der Waals surface area contributed by atoms with E-state index < -0.39 is 0 Å². The van der Waals surface area contributed by atoms with Gasteiger partial charge < -0.3 is 10.4 Å². The van der Waals surface area contributed by atoms with Gasteiger partial charge in [-0.15, -0.1) is 0 Å². The second kappa shape index (κ2) is 13.6. The molecule has 0 aliphatic carbocycles. The summed E-state index contributed by atoms with van der Waals surface area (Å²) < 4.78 is 0. The van der Waals surface area contributed by atoms with Gasteiger partial charge in [-0.05, 0) is 24.5 Å². The van der Waals surface area contributed by atoms with Crippen molar-refractivity contribution in [2.75, 3.05) is 18.8 Å². The number of rotatable bonds is 5. The van der Waals surface area contributed by atoms with Crippen molar-refractivity contribution in [3.8, 4) is 0 Å². The van der Waals surface area contributed by atoms with Crippen LogP contribution < -0.4 is 0 Å². The van der Waals surface area contributed by atoms with Gasteiger partial charge in [0.15, 0.2) is 0 Å². The lowest BCUT2D eigenvalue weighted by molar-refractivity contribution is 0.208. The summed E-state index contributed by atoms with van der Waals surface area (Å²) in [7, 11) is 0. The summed E-state index contributed by atoms with van der Waals surface area (Å²) in [6.45, 7) is 14.5. The van der Waals surface area contributed by atoms with E-state index in [4.69, 9.17) is 0 Å². The molecule has 1 aromatic rings. The maximum Gasteiger partial charge on any atom is 0.281 e. The largest absolute Gasteiger partial charge is 0.870 e. The normalized spacial score (nSPS) is 9.82. The predicted molar refractivity (Wildman–Crippen MR) is 97.9 cm³/mol. The summed E-state index contributed by atoms with van der Waals surface area (Å²) in [5.41, 5.74) is 1.32. The third-order valence-electron chi connectivity index (χ3n) is 2.64. The molecule has 0 fully saturated rings. The van der Waals surface area contributed by atoms with Crippen LogP contribution in [0.15, 0.2) is 30.3 Å². The number of nitrogens with zero attached hydrogens (tertiary/aromatic N) is 1. The standard InChI is InChI=1S/C11H23NOS.C7H8.H2O/c1-6-14-11(13)12(7-9(2)3)8-10(4)5;1-7-5-3-2-4-6-7;/h9-10H,6-8H2,1-5H3;2-6H,1H3;1H2/p-1. The van der Waals surface area contributed by atoms with Crippen molar-refractivity contribution in [2.45, 2.75) is 41.5 Å². The maximum atomic E-state index is 11.7. The monoisotopic (exact) mass is 326 g/mol. The molecule has 1 aromatic carbocycles. The third-order valence-corrected chi connectivity index (χ3v) is 3.43. The molecule has 0 saturated carbocycles. The van der Waals surface area contributed by atoms with Gasteiger partial charge in [0.2, 0.25) is 0 Å².